The van der Waals surface area contributed by atoms with Crippen LogP contribution in [-0.2, 0) is 0 Å². The third-order valence-corrected chi connectivity index (χ3v) is 5.90. The first-order chi connectivity index (χ1) is 11.2. The Morgan fingerprint density at radius 3 is 2.48 bits per heavy atom. The molecule has 0 aromatic heterocycles. The second-order valence-electron chi connectivity index (χ2n) is 8.00. The van der Waals surface area contributed by atoms with E-state index in [-0.39, 0.29) is 0 Å². The Morgan fingerprint density at radius 2 is 1.78 bits per heavy atom. The maximum absolute atomic E-state index is 3.93. The van der Waals surface area contributed by atoms with Crippen molar-refractivity contribution in [1.82, 2.24) is 10.2 Å². The zero-order valence-corrected chi connectivity index (χ0v) is 15.0. The molecule has 2 heteroatoms. The second kappa shape index (κ2) is 8.30. The van der Waals surface area contributed by atoms with Gasteiger partial charge in [-0.25, -0.2) is 0 Å². The highest BCUT2D eigenvalue weighted by Crippen LogP contribution is 2.29. The quantitative estimate of drug-likeness (QED) is 0.865. The summed E-state index contributed by atoms with van der Waals surface area (Å²) in [6.45, 7) is 8.34. The number of piperidine rings is 1. The zero-order valence-electron chi connectivity index (χ0n) is 15.0. The van der Waals surface area contributed by atoms with Crippen LogP contribution in [0.5, 0.6) is 0 Å². The second-order valence-corrected chi connectivity index (χ2v) is 8.00. The summed E-state index contributed by atoms with van der Waals surface area (Å²) in [5, 5.41) is 3.93. The van der Waals surface area contributed by atoms with Crippen LogP contribution in [-0.4, -0.2) is 36.6 Å². The first-order valence-electron chi connectivity index (χ1n) is 9.74. The van der Waals surface area contributed by atoms with Crippen LogP contribution in [0.1, 0.15) is 63.9 Å². The number of nitrogens with one attached hydrogen (secondary N) is 1. The van der Waals surface area contributed by atoms with Gasteiger partial charge in [0.1, 0.15) is 0 Å². The standard InChI is InChI=1S/C21H34N2/c1-17(2)23-15-20(19-11-7-4-8-12-19)13-21(16-23)22-14-18-9-5-3-6-10-18/h4,7-8,11-12,17-18,20-22H,3,5-6,9-10,13-16H2,1-2H3. The average molecular weight is 315 g/mol. The van der Waals surface area contributed by atoms with Gasteiger partial charge in [0.05, 0.1) is 0 Å². The lowest BCUT2D eigenvalue weighted by Crippen LogP contribution is -2.51. The van der Waals surface area contributed by atoms with E-state index >= 15 is 0 Å². The molecule has 3 rings (SSSR count). The van der Waals surface area contributed by atoms with Gasteiger partial charge in [-0.1, -0.05) is 49.6 Å². The molecule has 1 aromatic carbocycles. The van der Waals surface area contributed by atoms with Crippen LogP contribution in [0.15, 0.2) is 30.3 Å². The molecule has 23 heavy (non-hydrogen) atoms. The Balaban J connectivity index is 1.59. The smallest absolute Gasteiger partial charge is 0.0201 e. The lowest BCUT2D eigenvalue weighted by molar-refractivity contribution is 0.134. The highest BCUT2D eigenvalue weighted by atomic mass is 15.2. The Bertz CT molecular complexity index is 450. The predicted molar refractivity (Wildman–Crippen MR) is 98.9 cm³/mol. The summed E-state index contributed by atoms with van der Waals surface area (Å²) in [6.07, 6.45) is 8.52. The average Bonchev–Trinajstić information content (AvgIpc) is 2.61. The van der Waals surface area contributed by atoms with Gasteiger partial charge in [0.2, 0.25) is 0 Å². The van der Waals surface area contributed by atoms with E-state index in [2.05, 4.69) is 54.4 Å². The highest BCUT2D eigenvalue weighted by Gasteiger charge is 2.29. The van der Waals surface area contributed by atoms with Crippen molar-refractivity contribution in [3.63, 3.8) is 0 Å². The largest absolute Gasteiger partial charge is 0.312 e. The summed E-state index contributed by atoms with van der Waals surface area (Å²) in [7, 11) is 0. The third kappa shape index (κ3) is 4.81. The minimum atomic E-state index is 0.639. The van der Waals surface area contributed by atoms with Crippen molar-refractivity contribution in [2.75, 3.05) is 19.6 Å². The van der Waals surface area contributed by atoms with Gasteiger partial charge < -0.3 is 5.32 Å². The van der Waals surface area contributed by atoms with Crippen molar-refractivity contribution in [2.24, 2.45) is 5.92 Å². The summed E-state index contributed by atoms with van der Waals surface area (Å²) in [4.78, 5) is 2.67. The topological polar surface area (TPSA) is 15.3 Å². The van der Waals surface area contributed by atoms with Crippen molar-refractivity contribution in [1.29, 1.82) is 0 Å². The SMILES string of the molecule is CC(C)N1CC(NCC2CCCCC2)CC(c2ccccc2)C1. The van der Waals surface area contributed by atoms with E-state index in [1.54, 1.807) is 0 Å². The van der Waals surface area contributed by atoms with Crippen molar-refractivity contribution < 1.29 is 0 Å². The Labute approximate surface area is 142 Å². The van der Waals surface area contributed by atoms with Gasteiger partial charge in [0.15, 0.2) is 0 Å². The Hall–Kier alpha value is -0.860. The molecule has 1 heterocycles. The molecule has 1 aliphatic heterocycles. The van der Waals surface area contributed by atoms with Gasteiger partial charge >= 0.3 is 0 Å². The number of rotatable bonds is 5. The van der Waals surface area contributed by atoms with Crippen LogP contribution >= 0.6 is 0 Å². The van der Waals surface area contributed by atoms with E-state index in [0.29, 0.717) is 18.0 Å². The number of nitrogens with zero attached hydrogens (tertiary/aromatic N) is 1. The van der Waals surface area contributed by atoms with Crippen molar-refractivity contribution in [3.05, 3.63) is 35.9 Å². The zero-order chi connectivity index (χ0) is 16.1. The van der Waals surface area contributed by atoms with Crippen LogP contribution in [0.25, 0.3) is 0 Å². The molecule has 2 fully saturated rings. The lowest BCUT2D eigenvalue weighted by atomic mass is 9.86. The monoisotopic (exact) mass is 314 g/mol. The summed E-state index contributed by atoms with van der Waals surface area (Å²) in [6, 6.07) is 12.4. The first kappa shape index (κ1) is 17.0. The minimum Gasteiger partial charge on any atom is -0.312 e. The number of hydrogen-bond donors (Lipinski definition) is 1. The van der Waals surface area contributed by atoms with Gasteiger partial charge in [-0.15, -0.1) is 0 Å². The van der Waals surface area contributed by atoms with Crippen molar-refractivity contribution >= 4 is 0 Å². The van der Waals surface area contributed by atoms with E-state index in [1.165, 1.54) is 63.7 Å². The molecule has 2 aliphatic rings. The molecule has 2 nitrogen and oxygen atoms in total. The van der Waals surface area contributed by atoms with Gasteiger partial charge in [0.25, 0.3) is 0 Å². The molecular weight excluding hydrogens is 280 g/mol. The molecule has 2 unspecified atom stereocenters. The fourth-order valence-electron chi connectivity index (χ4n) is 4.39. The van der Waals surface area contributed by atoms with E-state index in [1.807, 2.05) is 0 Å². The molecular formula is C21H34N2. The molecule has 2 atom stereocenters. The number of hydrogen-bond acceptors (Lipinski definition) is 2. The molecule has 1 aromatic rings. The van der Waals surface area contributed by atoms with E-state index in [9.17, 15) is 0 Å². The highest BCUT2D eigenvalue weighted by molar-refractivity contribution is 5.21. The van der Waals surface area contributed by atoms with Crippen LogP contribution < -0.4 is 5.32 Å². The maximum Gasteiger partial charge on any atom is 0.0201 e. The molecule has 1 saturated heterocycles. The van der Waals surface area contributed by atoms with E-state index < -0.39 is 0 Å². The Kier molecular flexibility index (Phi) is 6.13. The molecule has 1 N–H and O–H groups in total. The summed E-state index contributed by atoms with van der Waals surface area (Å²) in [5.74, 6) is 1.60. The first-order valence-corrected chi connectivity index (χ1v) is 9.74. The van der Waals surface area contributed by atoms with Gasteiger partial charge in [-0.2, -0.15) is 0 Å². The fraction of sp³-hybridized carbons (Fsp3) is 0.714. The fourth-order valence-corrected chi connectivity index (χ4v) is 4.39. The molecule has 0 radical (unpaired) electrons. The van der Waals surface area contributed by atoms with Crippen molar-refractivity contribution in [3.8, 4) is 0 Å². The summed E-state index contributed by atoms with van der Waals surface area (Å²) < 4.78 is 0. The predicted octanol–water partition coefficient (Wildman–Crippen LogP) is 4.42. The van der Waals surface area contributed by atoms with Crippen LogP contribution in [0.3, 0.4) is 0 Å². The summed E-state index contributed by atoms with van der Waals surface area (Å²) in [5.41, 5.74) is 1.52. The molecule has 0 spiro atoms. The van der Waals surface area contributed by atoms with Crippen molar-refractivity contribution in [2.45, 2.75) is 70.4 Å². The van der Waals surface area contributed by atoms with Gasteiger partial charge in [0, 0.05) is 25.2 Å². The third-order valence-electron chi connectivity index (χ3n) is 5.90. The number of benzene rings is 1. The maximum atomic E-state index is 3.93. The molecule has 1 aliphatic carbocycles. The molecule has 1 saturated carbocycles. The summed E-state index contributed by atoms with van der Waals surface area (Å²) >= 11 is 0. The van der Waals surface area contributed by atoms with Crippen LogP contribution in [0, 0.1) is 5.92 Å². The minimum absolute atomic E-state index is 0.639. The lowest BCUT2D eigenvalue weighted by Gasteiger charge is -2.41. The molecule has 128 valence electrons. The number of likely N-dealkylation sites (tertiary alicyclic amines) is 1. The van der Waals surface area contributed by atoms with Crippen LogP contribution in [0.4, 0.5) is 0 Å². The van der Waals surface area contributed by atoms with Gasteiger partial charge in [-0.3, -0.25) is 4.90 Å². The molecule has 0 amide bonds. The van der Waals surface area contributed by atoms with E-state index in [4.69, 9.17) is 0 Å². The van der Waals surface area contributed by atoms with E-state index in [0.717, 1.165) is 5.92 Å². The molecule has 0 bridgehead atoms. The van der Waals surface area contributed by atoms with Gasteiger partial charge in [-0.05, 0) is 57.1 Å². The normalized spacial score (nSPS) is 27.4. The Morgan fingerprint density at radius 1 is 1.04 bits per heavy atom. The van der Waals surface area contributed by atoms with Crippen LogP contribution in [0.2, 0.25) is 0 Å².